The molecule has 27 heavy (non-hydrogen) atoms. The van der Waals surface area contributed by atoms with Crippen LogP contribution >= 0.6 is 0 Å². The third kappa shape index (κ3) is 10.5. The van der Waals surface area contributed by atoms with Gasteiger partial charge >= 0.3 is 0 Å². The van der Waals surface area contributed by atoms with Crippen LogP contribution in [0, 0.1) is 30.1 Å². The van der Waals surface area contributed by atoms with E-state index in [4.69, 9.17) is 0 Å². The van der Waals surface area contributed by atoms with Gasteiger partial charge in [-0.1, -0.05) is 62.0 Å². The van der Waals surface area contributed by atoms with Gasteiger partial charge in [-0.3, -0.25) is 0 Å². The van der Waals surface area contributed by atoms with Gasteiger partial charge in [-0.2, -0.15) is 0 Å². The van der Waals surface area contributed by atoms with E-state index in [9.17, 15) is 0 Å². The second-order valence-electron chi connectivity index (χ2n) is 8.96. The van der Waals surface area contributed by atoms with Gasteiger partial charge in [-0.15, -0.1) is 0 Å². The number of rotatable bonds is 15. The molecule has 0 nitrogen and oxygen atoms in total. The van der Waals surface area contributed by atoms with Crippen molar-refractivity contribution in [3.63, 3.8) is 0 Å². The Morgan fingerprint density at radius 3 is 1.33 bits per heavy atom. The highest BCUT2D eigenvalue weighted by molar-refractivity contribution is 5.11. The van der Waals surface area contributed by atoms with E-state index in [1.54, 1.807) is 0 Å². The zero-order valence-electron chi connectivity index (χ0n) is 19.2. The molecule has 0 aliphatic rings. The van der Waals surface area contributed by atoms with Crippen molar-refractivity contribution in [3.8, 4) is 0 Å². The molecule has 0 aromatic carbocycles. The van der Waals surface area contributed by atoms with Crippen molar-refractivity contribution in [2.75, 3.05) is 0 Å². The van der Waals surface area contributed by atoms with Crippen LogP contribution in [0.1, 0.15) is 80.1 Å². The number of allylic oxidation sites excluding steroid dienone is 5. The standard InChI is InChI=1S/C27H45/c1-12-13-24(20(4)5)16-26(22(8)9)18-27(23(10)11)17-25(21(6)7)15-14-19(2)3/h14,24-27H,2,4,6,8,10,12-13,15-18H2,1,3,5,7,9,11H3/q+1. The first-order valence-corrected chi connectivity index (χ1v) is 10.6. The predicted octanol–water partition coefficient (Wildman–Crippen LogP) is 8.90. The summed E-state index contributed by atoms with van der Waals surface area (Å²) in [6.45, 7) is 34.2. The maximum absolute atomic E-state index is 4.32. The average molecular weight is 370 g/mol. The Kier molecular flexibility index (Phi) is 12.2. The molecule has 0 aliphatic carbocycles. The fraction of sp³-hybridized carbons (Fsp3) is 0.593. The number of hydrogen-bond donors (Lipinski definition) is 0. The summed E-state index contributed by atoms with van der Waals surface area (Å²) < 4.78 is 0. The lowest BCUT2D eigenvalue weighted by Crippen LogP contribution is -2.18. The molecular weight excluding hydrogens is 324 g/mol. The molecule has 0 spiro atoms. The summed E-state index contributed by atoms with van der Waals surface area (Å²) in [5.74, 6) is 2.10. The van der Waals surface area contributed by atoms with Crippen molar-refractivity contribution in [2.24, 2.45) is 23.7 Å². The molecule has 0 bridgehead atoms. The Labute approximate surface area is 171 Å². The minimum Gasteiger partial charge on any atom is -0.0999 e. The van der Waals surface area contributed by atoms with Gasteiger partial charge in [-0.25, -0.2) is 0 Å². The van der Waals surface area contributed by atoms with Crippen LogP contribution in [0.5, 0.6) is 0 Å². The molecule has 0 rings (SSSR count). The first kappa shape index (κ1) is 25.6. The van der Waals surface area contributed by atoms with E-state index in [0.717, 1.165) is 31.3 Å². The van der Waals surface area contributed by atoms with E-state index in [-0.39, 0.29) is 0 Å². The highest BCUT2D eigenvalue weighted by Crippen LogP contribution is 2.37. The number of hydrogen-bond acceptors (Lipinski definition) is 0. The second kappa shape index (κ2) is 12.9. The van der Waals surface area contributed by atoms with Crippen molar-refractivity contribution in [3.05, 3.63) is 67.2 Å². The highest BCUT2D eigenvalue weighted by Gasteiger charge is 2.25. The summed E-state index contributed by atoms with van der Waals surface area (Å²) in [6, 6.07) is 0. The molecule has 4 atom stereocenters. The largest absolute Gasteiger partial charge is 0.0999 e. The summed E-state index contributed by atoms with van der Waals surface area (Å²) in [7, 11) is 0. The van der Waals surface area contributed by atoms with E-state index in [0.29, 0.717) is 23.7 Å². The Morgan fingerprint density at radius 2 is 1.00 bits per heavy atom. The van der Waals surface area contributed by atoms with Gasteiger partial charge in [0.25, 0.3) is 0 Å². The van der Waals surface area contributed by atoms with Crippen molar-refractivity contribution in [1.82, 2.24) is 0 Å². The summed E-state index contributed by atoms with van der Waals surface area (Å²) >= 11 is 0. The Balaban J connectivity index is 5.26. The fourth-order valence-corrected chi connectivity index (χ4v) is 3.78. The Bertz CT molecular complexity index is 530. The fourth-order valence-electron chi connectivity index (χ4n) is 3.78. The van der Waals surface area contributed by atoms with Crippen LogP contribution in [0.3, 0.4) is 0 Å². The van der Waals surface area contributed by atoms with Gasteiger partial charge in [0.05, 0.1) is 5.57 Å². The smallest absolute Gasteiger partial charge is 0.0962 e. The normalized spacial score (nSPS) is 15.3. The summed E-state index contributed by atoms with van der Waals surface area (Å²) in [5.41, 5.74) is 6.29. The quantitative estimate of drug-likeness (QED) is 0.200. The van der Waals surface area contributed by atoms with Crippen LogP contribution in [0.2, 0.25) is 0 Å². The summed E-state index contributed by atoms with van der Waals surface area (Å²) in [5, 5.41) is 0. The molecule has 0 heteroatoms. The van der Waals surface area contributed by atoms with E-state index in [2.05, 4.69) is 80.9 Å². The lowest BCUT2D eigenvalue weighted by atomic mass is 9.75. The zero-order valence-corrected chi connectivity index (χ0v) is 19.2. The molecule has 0 N–H and O–H groups in total. The molecule has 0 radical (unpaired) electrons. The van der Waals surface area contributed by atoms with Crippen LogP contribution in [0.25, 0.3) is 0 Å². The summed E-state index contributed by atoms with van der Waals surface area (Å²) in [6.07, 6.45) is 9.11. The molecule has 0 saturated heterocycles. The van der Waals surface area contributed by atoms with Crippen LogP contribution in [-0.2, 0) is 0 Å². The predicted molar refractivity (Wildman–Crippen MR) is 126 cm³/mol. The molecule has 0 saturated carbocycles. The molecular formula is C27H45+. The van der Waals surface area contributed by atoms with Crippen molar-refractivity contribution < 1.29 is 0 Å². The van der Waals surface area contributed by atoms with Crippen molar-refractivity contribution >= 4 is 0 Å². The molecule has 0 aromatic rings. The van der Waals surface area contributed by atoms with Gasteiger partial charge < -0.3 is 0 Å². The van der Waals surface area contributed by atoms with Crippen LogP contribution in [0.15, 0.2) is 60.8 Å². The van der Waals surface area contributed by atoms with E-state index < -0.39 is 0 Å². The molecule has 0 heterocycles. The van der Waals surface area contributed by atoms with E-state index >= 15 is 0 Å². The van der Waals surface area contributed by atoms with Gasteiger partial charge in [-0.05, 0) is 78.1 Å². The van der Waals surface area contributed by atoms with E-state index in [1.165, 1.54) is 35.1 Å². The molecule has 0 fully saturated rings. The SMILES string of the molecule is C=C(C)[CH+]CC(CC(CC(CC(CCC)C(=C)C)C(=C)C)C(=C)C)C(=C)C. The topological polar surface area (TPSA) is 0 Å². The lowest BCUT2D eigenvalue weighted by Gasteiger charge is -2.30. The third-order valence-electron chi connectivity index (χ3n) is 5.88. The highest BCUT2D eigenvalue weighted by atomic mass is 14.3. The Hall–Kier alpha value is -1.43. The van der Waals surface area contributed by atoms with Gasteiger partial charge in [0.2, 0.25) is 0 Å². The van der Waals surface area contributed by atoms with Crippen molar-refractivity contribution in [1.29, 1.82) is 0 Å². The van der Waals surface area contributed by atoms with Crippen LogP contribution in [-0.4, -0.2) is 0 Å². The minimum absolute atomic E-state index is 0.488. The second-order valence-corrected chi connectivity index (χ2v) is 8.96. The van der Waals surface area contributed by atoms with Gasteiger partial charge in [0.15, 0.2) is 0 Å². The molecule has 152 valence electrons. The Morgan fingerprint density at radius 1 is 0.630 bits per heavy atom. The first-order chi connectivity index (χ1) is 12.5. The van der Waals surface area contributed by atoms with Gasteiger partial charge in [0.1, 0.15) is 0 Å². The molecule has 4 unspecified atom stereocenters. The maximum Gasteiger partial charge on any atom is 0.0962 e. The zero-order chi connectivity index (χ0) is 21.1. The minimum atomic E-state index is 0.488. The first-order valence-electron chi connectivity index (χ1n) is 10.6. The molecule has 0 amide bonds. The van der Waals surface area contributed by atoms with Crippen LogP contribution < -0.4 is 0 Å². The van der Waals surface area contributed by atoms with Gasteiger partial charge in [0, 0.05) is 25.3 Å². The molecule has 0 aliphatic heterocycles. The monoisotopic (exact) mass is 369 g/mol. The summed E-state index contributed by atoms with van der Waals surface area (Å²) in [4.78, 5) is 0. The van der Waals surface area contributed by atoms with Crippen molar-refractivity contribution in [2.45, 2.75) is 80.1 Å². The third-order valence-corrected chi connectivity index (χ3v) is 5.88. The molecule has 0 aromatic heterocycles. The lowest BCUT2D eigenvalue weighted by molar-refractivity contribution is 0.334. The van der Waals surface area contributed by atoms with Crippen LogP contribution in [0.4, 0.5) is 0 Å². The maximum atomic E-state index is 4.32. The van der Waals surface area contributed by atoms with E-state index in [1.807, 2.05) is 0 Å². The average Bonchev–Trinajstić information content (AvgIpc) is 2.54.